The van der Waals surface area contributed by atoms with Crippen molar-refractivity contribution < 1.29 is 9.21 Å². The van der Waals surface area contributed by atoms with Crippen molar-refractivity contribution in [3.63, 3.8) is 0 Å². The first-order valence-electron chi connectivity index (χ1n) is 4.35. The molecule has 2 rings (SSSR count). The summed E-state index contributed by atoms with van der Waals surface area (Å²) >= 11 is 0. The SMILES string of the molecule is Cc1cc2c(o1)CCC(=O)CC2. The minimum Gasteiger partial charge on any atom is -0.466 e. The number of ketones is 1. The van der Waals surface area contributed by atoms with Gasteiger partial charge in [0.25, 0.3) is 0 Å². The average molecular weight is 164 g/mol. The largest absolute Gasteiger partial charge is 0.466 e. The third-order valence-corrected chi connectivity index (χ3v) is 2.32. The van der Waals surface area contributed by atoms with Gasteiger partial charge in [0, 0.05) is 19.3 Å². The van der Waals surface area contributed by atoms with E-state index in [0.717, 1.165) is 24.4 Å². The van der Waals surface area contributed by atoms with E-state index in [-0.39, 0.29) is 0 Å². The fourth-order valence-electron chi connectivity index (χ4n) is 1.69. The van der Waals surface area contributed by atoms with Gasteiger partial charge in [-0.15, -0.1) is 0 Å². The second-order valence-corrected chi connectivity index (χ2v) is 3.34. The maximum Gasteiger partial charge on any atom is 0.133 e. The molecule has 0 radical (unpaired) electrons. The summed E-state index contributed by atoms with van der Waals surface area (Å²) in [5.74, 6) is 2.35. The van der Waals surface area contributed by atoms with Crippen LogP contribution in [0.2, 0.25) is 0 Å². The summed E-state index contributed by atoms with van der Waals surface area (Å²) in [5, 5.41) is 0. The van der Waals surface area contributed by atoms with Crippen molar-refractivity contribution in [3.8, 4) is 0 Å². The molecule has 2 nitrogen and oxygen atoms in total. The summed E-state index contributed by atoms with van der Waals surface area (Å²) in [7, 11) is 0. The van der Waals surface area contributed by atoms with Gasteiger partial charge in [0.15, 0.2) is 0 Å². The Morgan fingerprint density at radius 1 is 1.25 bits per heavy atom. The maximum absolute atomic E-state index is 11.1. The van der Waals surface area contributed by atoms with Crippen molar-refractivity contribution in [1.82, 2.24) is 0 Å². The molecule has 1 aromatic rings. The van der Waals surface area contributed by atoms with E-state index < -0.39 is 0 Å². The molecule has 12 heavy (non-hydrogen) atoms. The molecule has 0 unspecified atom stereocenters. The molecule has 0 aliphatic heterocycles. The van der Waals surface area contributed by atoms with Crippen LogP contribution in [0.5, 0.6) is 0 Å². The first-order valence-corrected chi connectivity index (χ1v) is 4.35. The van der Waals surface area contributed by atoms with Crippen molar-refractivity contribution in [2.45, 2.75) is 32.6 Å². The van der Waals surface area contributed by atoms with Crippen LogP contribution in [0, 0.1) is 6.92 Å². The van der Waals surface area contributed by atoms with Gasteiger partial charge < -0.3 is 4.42 Å². The lowest BCUT2D eigenvalue weighted by Gasteiger charge is -1.91. The molecule has 64 valence electrons. The Hall–Kier alpha value is -1.05. The Morgan fingerprint density at radius 3 is 2.83 bits per heavy atom. The van der Waals surface area contributed by atoms with Crippen LogP contribution in [-0.4, -0.2) is 5.78 Å². The summed E-state index contributed by atoms with van der Waals surface area (Å²) in [6, 6.07) is 2.05. The van der Waals surface area contributed by atoms with Crippen LogP contribution in [0.25, 0.3) is 0 Å². The molecule has 1 aliphatic rings. The van der Waals surface area contributed by atoms with Gasteiger partial charge >= 0.3 is 0 Å². The molecule has 1 aromatic heterocycles. The van der Waals surface area contributed by atoms with E-state index >= 15 is 0 Å². The lowest BCUT2D eigenvalue weighted by Crippen LogP contribution is -1.96. The van der Waals surface area contributed by atoms with Gasteiger partial charge in [-0.2, -0.15) is 0 Å². The van der Waals surface area contributed by atoms with Crippen LogP contribution < -0.4 is 0 Å². The molecule has 0 N–H and O–H groups in total. The minimum atomic E-state index is 0.360. The molecule has 1 heterocycles. The van der Waals surface area contributed by atoms with Gasteiger partial charge in [-0.25, -0.2) is 0 Å². The highest BCUT2D eigenvalue weighted by Crippen LogP contribution is 2.21. The van der Waals surface area contributed by atoms with Crippen molar-refractivity contribution in [2.24, 2.45) is 0 Å². The standard InChI is InChI=1S/C10H12O2/c1-7-6-8-2-3-9(11)4-5-10(8)12-7/h6H,2-5H2,1H3. The maximum atomic E-state index is 11.1. The van der Waals surface area contributed by atoms with E-state index in [2.05, 4.69) is 0 Å². The number of Topliss-reactive ketones (excluding diaryl/α,β-unsaturated/α-hetero) is 1. The first kappa shape index (κ1) is 7.59. The van der Waals surface area contributed by atoms with E-state index in [0.29, 0.717) is 18.6 Å². The fourth-order valence-corrected chi connectivity index (χ4v) is 1.69. The number of furan rings is 1. The molecule has 1 aliphatic carbocycles. The Labute approximate surface area is 71.6 Å². The van der Waals surface area contributed by atoms with Crippen LogP contribution in [0.4, 0.5) is 0 Å². The normalized spacial score (nSPS) is 17.2. The predicted molar refractivity (Wildman–Crippen MR) is 45.1 cm³/mol. The Bertz CT molecular complexity index is 282. The Kier molecular flexibility index (Phi) is 1.75. The number of aryl methyl sites for hydroxylation is 3. The van der Waals surface area contributed by atoms with Crippen molar-refractivity contribution in [1.29, 1.82) is 0 Å². The van der Waals surface area contributed by atoms with E-state index in [1.165, 1.54) is 5.56 Å². The highest BCUT2D eigenvalue weighted by Gasteiger charge is 2.16. The van der Waals surface area contributed by atoms with Crippen LogP contribution in [0.1, 0.15) is 29.9 Å². The Morgan fingerprint density at radius 2 is 2.00 bits per heavy atom. The third-order valence-electron chi connectivity index (χ3n) is 2.32. The first-order chi connectivity index (χ1) is 5.75. The third kappa shape index (κ3) is 1.29. The molecule has 0 fully saturated rings. The van der Waals surface area contributed by atoms with Gasteiger partial charge in [0.2, 0.25) is 0 Å². The number of carbonyl (C=O) groups is 1. The molecule has 0 amide bonds. The van der Waals surface area contributed by atoms with Crippen LogP contribution in [0.15, 0.2) is 10.5 Å². The number of rotatable bonds is 0. The average Bonchev–Trinajstić information content (AvgIpc) is 2.31. The highest BCUT2D eigenvalue weighted by atomic mass is 16.3. The van der Waals surface area contributed by atoms with Gasteiger partial charge in [-0.05, 0) is 25.0 Å². The quantitative estimate of drug-likeness (QED) is 0.549. The molecule has 0 bridgehead atoms. The van der Waals surface area contributed by atoms with Gasteiger partial charge in [-0.1, -0.05) is 0 Å². The molecule has 0 spiro atoms. The van der Waals surface area contributed by atoms with Crippen LogP contribution >= 0.6 is 0 Å². The second-order valence-electron chi connectivity index (χ2n) is 3.34. The van der Waals surface area contributed by atoms with E-state index in [1.807, 2.05) is 13.0 Å². The van der Waals surface area contributed by atoms with Gasteiger partial charge in [0.1, 0.15) is 17.3 Å². The second kappa shape index (κ2) is 2.77. The molecular formula is C10H12O2. The Balaban J connectivity index is 2.30. The lowest BCUT2D eigenvalue weighted by atomic mass is 10.1. The number of carbonyl (C=O) groups excluding carboxylic acids is 1. The van der Waals surface area contributed by atoms with Gasteiger partial charge in [0.05, 0.1) is 0 Å². The topological polar surface area (TPSA) is 30.2 Å². The van der Waals surface area contributed by atoms with Crippen LogP contribution in [0.3, 0.4) is 0 Å². The zero-order valence-electron chi connectivity index (χ0n) is 7.22. The van der Waals surface area contributed by atoms with Gasteiger partial charge in [-0.3, -0.25) is 4.79 Å². The van der Waals surface area contributed by atoms with E-state index in [1.54, 1.807) is 0 Å². The summed E-state index contributed by atoms with van der Waals surface area (Å²) in [6.07, 6.45) is 3.00. The monoisotopic (exact) mass is 164 g/mol. The summed E-state index contributed by atoms with van der Waals surface area (Å²) in [4.78, 5) is 11.1. The molecule has 0 atom stereocenters. The lowest BCUT2D eigenvalue weighted by molar-refractivity contribution is -0.118. The molecular weight excluding hydrogens is 152 g/mol. The van der Waals surface area contributed by atoms with E-state index in [9.17, 15) is 4.79 Å². The zero-order valence-corrected chi connectivity index (χ0v) is 7.22. The molecule has 2 heteroatoms. The molecule has 0 saturated carbocycles. The summed E-state index contributed by atoms with van der Waals surface area (Å²) < 4.78 is 5.48. The van der Waals surface area contributed by atoms with Crippen molar-refractivity contribution >= 4 is 5.78 Å². The fraction of sp³-hybridized carbons (Fsp3) is 0.500. The highest BCUT2D eigenvalue weighted by molar-refractivity contribution is 5.79. The summed E-state index contributed by atoms with van der Waals surface area (Å²) in [6.45, 7) is 1.95. The number of hydrogen-bond donors (Lipinski definition) is 0. The van der Waals surface area contributed by atoms with E-state index in [4.69, 9.17) is 4.42 Å². The molecule has 0 aromatic carbocycles. The molecule has 0 saturated heterocycles. The number of hydrogen-bond acceptors (Lipinski definition) is 2. The van der Waals surface area contributed by atoms with Crippen molar-refractivity contribution in [3.05, 3.63) is 23.2 Å². The smallest absolute Gasteiger partial charge is 0.133 e. The van der Waals surface area contributed by atoms with Crippen molar-refractivity contribution in [2.75, 3.05) is 0 Å². The minimum absolute atomic E-state index is 0.360. The summed E-state index contributed by atoms with van der Waals surface area (Å²) in [5.41, 5.74) is 1.23. The predicted octanol–water partition coefficient (Wildman–Crippen LogP) is 2.04. The zero-order chi connectivity index (χ0) is 8.55. The van der Waals surface area contributed by atoms with Crippen LogP contribution in [-0.2, 0) is 17.6 Å². The number of fused-ring (bicyclic) bond motifs is 1.